The third-order valence-corrected chi connectivity index (χ3v) is 5.76. The second kappa shape index (κ2) is 10.2. The summed E-state index contributed by atoms with van der Waals surface area (Å²) >= 11 is 0. The standard InChI is InChI=1S/C25H26N6O4/c1-3-29-16-26-23-22(29)24(34)31(25(35)30(23)14-18-10-5-4-6-11-18)15-21(33)28-27-20(32)13-19-12-8-7-9-17(19)2/h4-12,16H,3,13-15H2,1-2H3,(H,27,32)(H,28,33). The number of aromatic nitrogens is 4. The lowest BCUT2D eigenvalue weighted by atomic mass is 10.1. The molecule has 4 aromatic rings. The van der Waals surface area contributed by atoms with E-state index in [0.29, 0.717) is 6.54 Å². The zero-order chi connectivity index (χ0) is 24.9. The van der Waals surface area contributed by atoms with Crippen LogP contribution in [0.4, 0.5) is 0 Å². The van der Waals surface area contributed by atoms with Crippen molar-refractivity contribution in [2.75, 3.05) is 0 Å². The van der Waals surface area contributed by atoms with E-state index in [1.54, 1.807) is 4.57 Å². The van der Waals surface area contributed by atoms with Gasteiger partial charge in [-0.3, -0.25) is 29.8 Å². The number of hydrogen-bond donors (Lipinski definition) is 2. The van der Waals surface area contributed by atoms with Gasteiger partial charge in [0.25, 0.3) is 11.5 Å². The molecule has 0 aliphatic rings. The van der Waals surface area contributed by atoms with Gasteiger partial charge in [0.15, 0.2) is 11.2 Å². The number of aryl methyl sites for hydroxylation is 2. The Hall–Kier alpha value is -4.47. The summed E-state index contributed by atoms with van der Waals surface area (Å²) in [6.07, 6.45) is 1.58. The number of hydrazine groups is 1. The molecule has 10 nitrogen and oxygen atoms in total. The van der Waals surface area contributed by atoms with Crippen molar-refractivity contribution in [1.29, 1.82) is 0 Å². The highest BCUT2D eigenvalue weighted by molar-refractivity contribution is 5.83. The molecule has 4 rings (SSSR count). The molecule has 2 N–H and O–H groups in total. The summed E-state index contributed by atoms with van der Waals surface area (Å²) in [5.41, 5.74) is 6.50. The molecule has 0 bridgehead atoms. The predicted molar refractivity (Wildman–Crippen MR) is 131 cm³/mol. The molecule has 2 aromatic carbocycles. The number of nitrogens with one attached hydrogen (secondary N) is 2. The molecule has 2 aromatic heterocycles. The summed E-state index contributed by atoms with van der Waals surface area (Å²) in [6, 6.07) is 16.7. The van der Waals surface area contributed by atoms with Crippen molar-refractivity contribution in [2.24, 2.45) is 0 Å². The number of carbonyl (C=O) groups excluding carboxylic acids is 2. The van der Waals surface area contributed by atoms with Crippen LogP contribution in [-0.2, 0) is 35.6 Å². The van der Waals surface area contributed by atoms with Gasteiger partial charge in [-0.2, -0.15) is 0 Å². The molecule has 0 aliphatic carbocycles. The topological polar surface area (TPSA) is 120 Å². The largest absolute Gasteiger partial charge is 0.333 e. The van der Waals surface area contributed by atoms with Crippen LogP contribution in [0.1, 0.15) is 23.6 Å². The van der Waals surface area contributed by atoms with Gasteiger partial charge in [-0.15, -0.1) is 0 Å². The summed E-state index contributed by atoms with van der Waals surface area (Å²) in [4.78, 5) is 55.6. The highest BCUT2D eigenvalue weighted by Crippen LogP contribution is 2.10. The number of rotatable bonds is 7. The minimum absolute atomic E-state index is 0.0818. The average Bonchev–Trinajstić information content (AvgIpc) is 3.29. The third kappa shape index (κ3) is 5.06. The van der Waals surface area contributed by atoms with Gasteiger partial charge in [0.1, 0.15) is 6.54 Å². The van der Waals surface area contributed by atoms with E-state index in [0.717, 1.165) is 21.3 Å². The van der Waals surface area contributed by atoms with E-state index in [9.17, 15) is 19.2 Å². The van der Waals surface area contributed by atoms with E-state index < -0.39 is 29.6 Å². The Kier molecular flexibility index (Phi) is 6.91. The van der Waals surface area contributed by atoms with Gasteiger partial charge in [-0.05, 0) is 30.5 Å². The quantitative estimate of drug-likeness (QED) is 0.389. The fraction of sp³-hybridized carbons (Fsp3) is 0.240. The van der Waals surface area contributed by atoms with Crippen molar-refractivity contribution < 1.29 is 9.59 Å². The lowest BCUT2D eigenvalue weighted by Gasteiger charge is -2.13. The molecule has 10 heteroatoms. The number of benzene rings is 2. The third-order valence-electron chi connectivity index (χ3n) is 5.76. The normalized spacial score (nSPS) is 10.9. The molecular weight excluding hydrogens is 448 g/mol. The first-order valence-electron chi connectivity index (χ1n) is 11.2. The van der Waals surface area contributed by atoms with E-state index >= 15 is 0 Å². The van der Waals surface area contributed by atoms with Crippen LogP contribution in [-0.4, -0.2) is 30.5 Å². The van der Waals surface area contributed by atoms with Crippen LogP contribution in [0.3, 0.4) is 0 Å². The van der Waals surface area contributed by atoms with Crippen molar-refractivity contribution in [3.8, 4) is 0 Å². The Balaban J connectivity index is 1.58. The molecule has 0 unspecified atom stereocenters. The molecule has 2 amide bonds. The van der Waals surface area contributed by atoms with Crippen LogP contribution in [0.2, 0.25) is 0 Å². The van der Waals surface area contributed by atoms with Crippen LogP contribution >= 0.6 is 0 Å². The molecular formula is C25H26N6O4. The molecule has 2 heterocycles. The highest BCUT2D eigenvalue weighted by atomic mass is 16.2. The molecule has 180 valence electrons. The summed E-state index contributed by atoms with van der Waals surface area (Å²) in [5, 5.41) is 0. The van der Waals surface area contributed by atoms with Gasteiger partial charge in [-0.1, -0.05) is 54.6 Å². The van der Waals surface area contributed by atoms with E-state index in [1.807, 2.05) is 68.4 Å². The number of amides is 2. The van der Waals surface area contributed by atoms with Gasteiger partial charge >= 0.3 is 5.69 Å². The molecule has 0 aliphatic heterocycles. The number of fused-ring (bicyclic) bond motifs is 1. The van der Waals surface area contributed by atoms with E-state index in [4.69, 9.17) is 0 Å². The molecule has 0 saturated heterocycles. The van der Waals surface area contributed by atoms with Gasteiger partial charge < -0.3 is 4.57 Å². The number of hydrogen-bond acceptors (Lipinski definition) is 5. The van der Waals surface area contributed by atoms with Crippen LogP contribution in [0.25, 0.3) is 11.2 Å². The average molecular weight is 475 g/mol. The van der Waals surface area contributed by atoms with Crippen LogP contribution < -0.4 is 22.1 Å². The van der Waals surface area contributed by atoms with Crippen LogP contribution in [0.15, 0.2) is 70.5 Å². The van der Waals surface area contributed by atoms with Gasteiger partial charge in [0.05, 0.1) is 19.3 Å². The minimum atomic E-state index is -0.699. The number of imidazole rings is 1. The van der Waals surface area contributed by atoms with Gasteiger partial charge in [-0.25, -0.2) is 14.3 Å². The highest BCUT2D eigenvalue weighted by Gasteiger charge is 2.20. The molecule has 0 saturated carbocycles. The summed E-state index contributed by atoms with van der Waals surface area (Å²) < 4.78 is 3.88. The fourth-order valence-electron chi connectivity index (χ4n) is 3.87. The first-order chi connectivity index (χ1) is 16.9. The maximum absolute atomic E-state index is 13.3. The van der Waals surface area contributed by atoms with E-state index in [2.05, 4.69) is 15.8 Å². The lowest BCUT2D eigenvalue weighted by molar-refractivity contribution is -0.129. The van der Waals surface area contributed by atoms with E-state index in [1.165, 1.54) is 10.9 Å². The Morgan fingerprint density at radius 3 is 2.31 bits per heavy atom. The van der Waals surface area contributed by atoms with Crippen LogP contribution in [0.5, 0.6) is 0 Å². The summed E-state index contributed by atoms with van der Waals surface area (Å²) in [5.74, 6) is -1.11. The molecule has 0 atom stereocenters. The first-order valence-corrected chi connectivity index (χ1v) is 11.2. The lowest BCUT2D eigenvalue weighted by Crippen LogP contribution is -2.48. The summed E-state index contributed by atoms with van der Waals surface area (Å²) in [6.45, 7) is 3.85. The maximum atomic E-state index is 13.3. The van der Waals surface area contributed by atoms with Crippen molar-refractivity contribution in [2.45, 2.75) is 39.9 Å². The number of nitrogens with zero attached hydrogens (tertiary/aromatic N) is 4. The Morgan fingerprint density at radius 2 is 1.60 bits per heavy atom. The fourth-order valence-corrected chi connectivity index (χ4v) is 3.87. The van der Waals surface area contributed by atoms with Crippen molar-refractivity contribution >= 4 is 23.0 Å². The number of carbonyl (C=O) groups is 2. The van der Waals surface area contributed by atoms with E-state index in [-0.39, 0.29) is 24.1 Å². The molecule has 35 heavy (non-hydrogen) atoms. The summed E-state index contributed by atoms with van der Waals surface area (Å²) in [7, 11) is 0. The smallest absolute Gasteiger partial charge is 0.325 e. The van der Waals surface area contributed by atoms with Gasteiger partial charge in [0, 0.05) is 6.54 Å². The molecule has 0 fully saturated rings. The zero-order valence-corrected chi connectivity index (χ0v) is 19.5. The van der Waals surface area contributed by atoms with Crippen molar-refractivity contribution in [3.05, 3.63) is 98.5 Å². The first kappa shape index (κ1) is 23.7. The zero-order valence-electron chi connectivity index (χ0n) is 19.5. The van der Waals surface area contributed by atoms with Gasteiger partial charge in [0.2, 0.25) is 5.91 Å². The predicted octanol–water partition coefficient (Wildman–Crippen LogP) is 1.13. The van der Waals surface area contributed by atoms with Crippen LogP contribution in [0, 0.1) is 6.92 Å². The Bertz CT molecular complexity index is 1500. The molecule has 0 radical (unpaired) electrons. The molecule has 0 spiro atoms. The minimum Gasteiger partial charge on any atom is -0.325 e. The maximum Gasteiger partial charge on any atom is 0.333 e. The van der Waals surface area contributed by atoms with Crippen molar-refractivity contribution in [3.63, 3.8) is 0 Å². The Morgan fingerprint density at radius 1 is 0.914 bits per heavy atom. The van der Waals surface area contributed by atoms with Crippen molar-refractivity contribution in [1.82, 2.24) is 29.5 Å². The SMILES string of the molecule is CCn1cnc2c1c(=O)n(CC(=O)NNC(=O)Cc1ccccc1C)c(=O)n2Cc1ccccc1. The Labute approximate surface area is 200 Å². The monoisotopic (exact) mass is 474 g/mol. The second-order valence-electron chi connectivity index (χ2n) is 8.15. The second-order valence-corrected chi connectivity index (χ2v) is 8.15.